The standard InChI is InChI=1S/C3H4F3.Al.HO2P.2H/c1-2-3(4,5)6;;1-3-2;;/h1-2H2;;(H,1,2);;. The van der Waals surface area contributed by atoms with Gasteiger partial charge in [0.1, 0.15) is 0 Å². The molecule has 0 fully saturated rings. The lowest BCUT2D eigenvalue weighted by Crippen LogP contribution is -2.05. The monoisotopic (exact) mass is 190 g/mol. The topological polar surface area (TPSA) is 37.3 Å². The number of halogens is 3. The van der Waals surface area contributed by atoms with Crippen molar-refractivity contribution in [3.63, 3.8) is 0 Å². The summed E-state index contributed by atoms with van der Waals surface area (Å²) in [7, 11) is -0.833. The second-order valence-electron chi connectivity index (χ2n) is 1.45. The molecule has 0 rings (SSSR count). The fourth-order valence-electron chi connectivity index (χ4n) is 0.283. The molecule has 0 bridgehead atoms. The van der Waals surface area contributed by atoms with Gasteiger partial charge in [0.05, 0.1) is 0 Å². The Bertz CT molecular complexity index is 86.3. The summed E-state index contributed by atoms with van der Waals surface area (Å²) < 4.78 is 41.7. The number of hydrogen-bond donors (Lipinski definition) is 1. The van der Waals surface area contributed by atoms with E-state index in [4.69, 9.17) is 9.46 Å². The van der Waals surface area contributed by atoms with Crippen LogP contribution in [-0.4, -0.2) is 27.4 Å². The second-order valence-corrected chi connectivity index (χ2v) is 2.61. The lowest BCUT2D eigenvalue weighted by molar-refractivity contribution is -0.130. The van der Waals surface area contributed by atoms with Crippen LogP contribution in [0.25, 0.3) is 0 Å². The fourth-order valence-corrected chi connectivity index (χ4v) is 0.850. The summed E-state index contributed by atoms with van der Waals surface area (Å²) in [6.45, 7) is 0. The third kappa shape index (κ3) is 23.8. The van der Waals surface area contributed by atoms with Gasteiger partial charge in [-0.15, -0.1) is 0 Å². The van der Waals surface area contributed by atoms with Gasteiger partial charge in [0.15, 0.2) is 0 Å². The van der Waals surface area contributed by atoms with Gasteiger partial charge in [-0.2, -0.15) is 13.2 Å². The van der Waals surface area contributed by atoms with Gasteiger partial charge in [0.25, 0.3) is 0 Å². The molecule has 0 aliphatic carbocycles. The van der Waals surface area contributed by atoms with Crippen LogP contribution in [0.15, 0.2) is 0 Å². The lowest BCUT2D eigenvalue weighted by atomic mass is 10.5. The molecule has 0 saturated carbocycles. The molecule has 0 aromatic carbocycles. The molecule has 0 aromatic heterocycles. The summed E-state index contributed by atoms with van der Waals surface area (Å²) in [5.74, 6) is 0. The maximum Gasteiger partial charge on any atom is 0.387 e. The highest BCUT2D eigenvalue weighted by Gasteiger charge is 2.24. The Kier molecular flexibility index (Phi) is 9.74. The molecule has 1 N–H and O–H groups in total. The molecule has 2 nitrogen and oxygen atoms in total. The van der Waals surface area contributed by atoms with Crippen LogP contribution < -0.4 is 0 Å². The highest BCUT2D eigenvalue weighted by atomic mass is 31.1. The van der Waals surface area contributed by atoms with Crippen molar-refractivity contribution < 1.29 is 22.6 Å². The Morgan fingerprint density at radius 2 is 1.80 bits per heavy atom. The average Bonchev–Trinajstić information content (AvgIpc) is 1.63. The minimum absolute atomic E-state index is 0.323. The van der Waals surface area contributed by atoms with Gasteiger partial charge in [-0.05, 0) is 0 Å². The van der Waals surface area contributed by atoms with Crippen LogP contribution in [0.3, 0.4) is 0 Å². The van der Waals surface area contributed by atoms with Crippen LogP contribution >= 0.6 is 8.69 Å². The molecule has 0 aromatic rings. The maximum atomic E-state index is 11.1. The van der Waals surface area contributed by atoms with Gasteiger partial charge in [-0.1, -0.05) is 5.28 Å². The van der Waals surface area contributed by atoms with Crippen molar-refractivity contribution in [2.24, 2.45) is 0 Å². The Balaban J connectivity index is 0. The van der Waals surface area contributed by atoms with E-state index in [0.29, 0.717) is 21.6 Å². The minimum Gasteiger partial charge on any atom is -0.310 e. The van der Waals surface area contributed by atoms with Crippen molar-refractivity contribution in [2.75, 3.05) is 0 Å². The van der Waals surface area contributed by atoms with Gasteiger partial charge >= 0.3 is 14.9 Å². The third-order valence-corrected chi connectivity index (χ3v) is 1.03. The van der Waals surface area contributed by atoms with Gasteiger partial charge in [-0.25, -0.2) is 4.57 Å². The van der Waals surface area contributed by atoms with Crippen LogP contribution in [0.2, 0.25) is 5.28 Å². The van der Waals surface area contributed by atoms with Gasteiger partial charge < -0.3 is 4.89 Å². The zero-order valence-electron chi connectivity index (χ0n) is 5.35. The molecule has 0 radical (unpaired) electrons. The minimum atomic E-state index is -3.91. The highest BCUT2D eigenvalue weighted by molar-refractivity contribution is 7.16. The molecule has 10 heavy (non-hydrogen) atoms. The van der Waals surface area contributed by atoms with Gasteiger partial charge in [-0.3, -0.25) is 0 Å². The molecule has 0 aliphatic rings. The first kappa shape index (κ1) is 13.0. The van der Waals surface area contributed by atoms with E-state index in [0.717, 1.165) is 0 Å². The van der Waals surface area contributed by atoms with Gasteiger partial charge in [0.2, 0.25) is 16.3 Å². The van der Waals surface area contributed by atoms with Crippen LogP contribution in [-0.2, 0) is 4.57 Å². The summed E-state index contributed by atoms with van der Waals surface area (Å²) in [4.78, 5) is 6.99. The molecule has 0 amide bonds. The van der Waals surface area contributed by atoms with Crippen LogP contribution in [0.1, 0.15) is 6.42 Å². The van der Waals surface area contributed by atoms with Crippen molar-refractivity contribution in [2.45, 2.75) is 17.9 Å². The molecule has 7 heteroatoms. The maximum absolute atomic E-state index is 11.1. The molecule has 60 valence electrons. The van der Waals surface area contributed by atoms with Crippen molar-refractivity contribution in [1.82, 2.24) is 0 Å². The van der Waals surface area contributed by atoms with Crippen molar-refractivity contribution in [1.29, 1.82) is 0 Å². The Morgan fingerprint density at radius 1 is 1.50 bits per heavy atom. The van der Waals surface area contributed by atoms with Crippen molar-refractivity contribution in [3.05, 3.63) is 0 Å². The van der Waals surface area contributed by atoms with E-state index in [2.05, 4.69) is 0 Å². The molecular weight excluding hydrogens is 183 g/mol. The van der Waals surface area contributed by atoms with Crippen molar-refractivity contribution >= 4 is 25.0 Å². The smallest absolute Gasteiger partial charge is 0.310 e. The summed E-state index contributed by atoms with van der Waals surface area (Å²) in [6, 6.07) is 0. The number of rotatable bonds is 1. The number of hydrogen-bond acceptors (Lipinski definition) is 1. The van der Waals surface area contributed by atoms with Crippen molar-refractivity contribution in [3.8, 4) is 0 Å². The second kappa shape index (κ2) is 7.49. The first-order valence-electron chi connectivity index (χ1n) is 2.51. The van der Waals surface area contributed by atoms with E-state index in [1.54, 1.807) is 0 Å². The molecule has 0 atom stereocenters. The van der Waals surface area contributed by atoms with E-state index >= 15 is 0 Å². The van der Waals surface area contributed by atoms with E-state index in [1.165, 1.54) is 0 Å². The molecule has 0 saturated heterocycles. The van der Waals surface area contributed by atoms with E-state index < -0.39 is 21.3 Å². The molecule has 0 heterocycles. The van der Waals surface area contributed by atoms with Crippen LogP contribution in [0.4, 0.5) is 13.2 Å². The predicted octanol–water partition coefficient (Wildman–Crippen LogP) is 1.18. The SMILES string of the molecule is FC(F)(F)C[CH2][AlH2].O=PO. The Morgan fingerprint density at radius 3 is 1.80 bits per heavy atom. The largest absolute Gasteiger partial charge is 0.387 e. The zero-order chi connectivity index (χ0) is 8.62. The Hall–Kier alpha value is 0.382. The summed E-state index contributed by atoms with van der Waals surface area (Å²) in [5.41, 5.74) is 0. The van der Waals surface area contributed by atoms with E-state index in [1.807, 2.05) is 0 Å². The molecule has 0 unspecified atom stereocenters. The zero-order valence-corrected chi connectivity index (χ0v) is 8.25. The quantitative estimate of drug-likeness (QED) is 0.497. The Labute approximate surface area is 66.1 Å². The molecule has 0 aliphatic heterocycles. The third-order valence-electron chi connectivity index (χ3n) is 0.533. The fraction of sp³-hybridized carbons (Fsp3) is 1.00. The summed E-state index contributed by atoms with van der Waals surface area (Å²) >= 11 is 0.650. The van der Waals surface area contributed by atoms with E-state index in [-0.39, 0.29) is 0 Å². The first-order valence-corrected chi connectivity index (χ1v) is 4.69. The van der Waals surface area contributed by atoms with Crippen LogP contribution in [0.5, 0.6) is 0 Å². The lowest BCUT2D eigenvalue weighted by Gasteiger charge is -2.00. The van der Waals surface area contributed by atoms with Gasteiger partial charge in [0, 0.05) is 6.42 Å². The molecule has 0 spiro atoms. The average molecular weight is 190 g/mol. The number of alkyl halides is 3. The first-order chi connectivity index (χ1) is 4.47. The van der Waals surface area contributed by atoms with E-state index in [9.17, 15) is 13.2 Å². The highest BCUT2D eigenvalue weighted by Crippen LogP contribution is 2.20. The predicted molar refractivity (Wildman–Crippen MR) is 33.8 cm³/mol. The summed E-state index contributed by atoms with van der Waals surface area (Å²) in [6.07, 6.45) is -4.51. The summed E-state index contributed by atoms with van der Waals surface area (Å²) in [5, 5.41) is 0.323. The molecular formula is C3H7AlF3O2P. The van der Waals surface area contributed by atoms with Crippen LogP contribution in [0, 0.1) is 0 Å². The normalized spacial score (nSPS) is 10.4.